The van der Waals surface area contributed by atoms with E-state index in [0.717, 1.165) is 21.2 Å². The van der Waals surface area contributed by atoms with Crippen molar-refractivity contribution in [3.63, 3.8) is 0 Å². The average Bonchev–Trinajstić information content (AvgIpc) is 3.34. The summed E-state index contributed by atoms with van der Waals surface area (Å²) >= 11 is 11.2. The standard InChI is InChI=1S/C35H27BrClN3O4S/c1-21-31(33(41)39-25-11-4-3-5-12-25)32(23-10-8-13-26(19-23)43-2)40-34(42)30(45-35(40)38-21)18-22-15-16-29(27(36)17-22)44-20-24-9-6-7-14-28(24)37/h3-19,32H,20H2,1-2H3,(H,39,41)/b30-18-/t32-/m0/s1. The van der Waals surface area contributed by atoms with Gasteiger partial charge in [-0.3, -0.25) is 14.2 Å². The summed E-state index contributed by atoms with van der Waals surface area (Å²) in [6.07, 6.45) is 1.82. The third-order valence-corrected chi connectivity index (χ3v) is 9.27. The van der Waals surface area contributed by atoms with Crippen molar-refractivity contribution in [3.05, 3.63) is 154 Å². The van der Waals surface area contributed by atoms with Crippen LogP contribution in [0.15, 0.2) is 123 Å². The Bertz CT molecular complexity index is 2120. The highest BCUT2D eigenvalue weighted by Crippen LogP contribution is 2.33. The number of nitrogens with one attached hydrogen (secondary N) is 1. The first-order chi connectivity index (χ1) is 21.8. The van der Waals surface area contributed by atoms with E-state index in [1.54, 1.807) is 18.6 Å². The number of nitrogens with zero attached hydrogens (tertiary/aromatic N) is 2. The number of ether oxygens (including phenoxy) is 2. The molecule has 1 N–H and O–H groups in total. The van der Waals surface area contributed by atoms with Gasteiger partial charge in [0.1, 0.15) is 18.1 Å². The molecule has 0 unspecified atom stereocenters. The first kappa shape index (κ1) is 30.6. The smallest absolute Gasteiger partial charge is 0.271 e. The van der Waals surface area contributed by atoms with Crippen LogP contribution in [0.5, 0.6) is 11.5 Å². The van der Waals surface area contributed by atoms with Crippen LogP contribution < -0.4 is 29.7 Å². The van der Waals surface area contributed by atoms with Crippen molar-refractivity contribution in [2.75, 3.05) is 12.4 Å². The number of allylic oxidation sites excluding steroid dienone is 1. The summed E-state index contributed by atoms with van der Waals surface area (Å²) in [6.45, 7) is 2.11. The number of rotatable bonds is 8. The lowest BCUT2D eigenvalue weighted by Crippen LogP contribution is -2.40. The van der Waals surface area contributed by atoms with Gasteiger partial charge in [-0.2, -0.15) is 0 Å². The Morgan fingerprint density at radius 3 is 2.58 bits per heavy atom. The normalized spacial score (nSPS) is 14.5. The second kappa shape index (κ2) is 13.3. The molecule has 226 valence electrons. The maximum Gasteiger partial charge on any atom is 0.271 e. The predicted octanol–water partition coefficient (Wildman–Crippen LogP) is 6.88. The molecule has 1 amide bonds. The number of hydrogen-bond acceptors (Lipinski definition) is 6. The van der Waals surface area contributed by atoms with Gasteiger partial charge in [0.2, 0.25) is 0 Å². The summed E-state index contributed by atoms with van der Waals surface area (Å²) in [7, 11) is 1.58. The fraction of sp³-hybridized carbons (Fsp3) is 0.114. The third kappa shape index (κ3) is 6.51. The molecule has 2 heterocycles. The van der Waals surface area contributed by atoms with E-state index in [0.29, 0.717) is 49.4 Å². The number of fused-ring (bicyclic) bond motifs is 1. The SMILES string of the molecule is COc1cccc([C@H]2C(C(=O)Nc3ccccc3)=C(C)N=c3s/c(=C\c4ccc(OCc5ccccc5Cl)c(Br)c4)c(=O)n32)c1. The van der Waals surface area contributed by atoms with E-state index in [4.69, 9.17) is 26.1 Å². The number of amides is 1. The van der Waals surface area contributed by atoms with E-state index < -0.39 is 6.04 Å². The van der Waals surface area contributed by atoms with Gasteiger partial charge in [0.05, 0.1) is 33.4 Å². The summed E-state index contributed by atoms with van der Waals surface area (Å²) in [6, 6.07) is 29.0. The van der Waals surface area contributed by atoms with Gasteiger partial charge in [-0.25, -0.2) is 4.99 Å². The number of carbonyl (C=O) groups excluding carboxylic acids is 1. The molecule has 0 aliphatic carbocycles. The van der Waals surface area contributed by atoms with Gasteiger partial charge in [-0.05, 0) is 82.5 Å². The van der Waals surface area contributed by atoms with Crippen LogP contribution in [0.3, 0.4) is 0 Å². The highest BCUT2D eigenvalue weighted by molar-refractivity contribution is 9.10. The molecule has 0 spiro atoms. The molecule has 1 atom stereocenters. The second-order valence-electron chi connectivity index (χ2n) is 10.2. The number of benzene rings is 4. The van der Waals surface area contributed by atoms with Gasteiger partial charge >= 0.3 is 0 Å². The van der Waals surface area contributed by atoms with Gasteiger partial charge < -0.3 is 14.8 Å². The van der Waals surface area contributed by atoms with Crippen LogP contribution in [0.4, 0.5) is 5.69 Å². The summed E-state index contributed by atoms with van der Waals surface area (Å²) in [5.74, 6) is 0.936. The molecule has 6 rings (SSSR count). The summed E-state index contributed by atoms with van der Waals surface area (Å²) in [4.78, 5) is 33.1. The molecule has 0 saturated carbocycles. The van der Waals surface area contributed by atoms with Crippen molar-refractivity contribution < 1.29 is 14.3 Å². The van der Waals surface area contributed by atoms with Crippen LogP contribution in [0.25, 0.3) is 6.08 Å². The average molecular weight is 701 g/mol. The lowest BCUT2D eigenvalue weighted by Gasteiger charge is -2.25. The molecule has 45 heavy (non-hydrogen) atoms. The first-order valence-corrected chi connectivity index (χ1v) is 16.0. The molecule has 1 aromatic heterocycles. The number of thiazole rings is 1. The highest BCUT2D eigenvalue weighted by atomic mass is 79.9. The molecule has 10 heteroatoms. The minimum atomic E-state index is -0.713. The van der Waals surface area contributed by atoms with Crippen LogP contribution >= 0.6 is 38.9 Å². The van der Waals surface area contributed by atoms with E-state index in [9.17, 15) is 9.59 Å². The maximum atomic E-state index is 14.1. The lowest BCUT2D eigenvalue weighted by molar-refractivity contribution is -0.113. The fourth-order valence-electron chi connectivity index (χ4n) is 5.10. The minimum absolute atomic E-state index is 0.251. The van der Waals surface area contributed by atoms with E-state index >= 15 is 0 Å². The van der Waals surface area contributed by atoms with Gasteiger partial charge in [-0.1, -0.05) is 77.5 Å². The first-order valence-electron chi connectivity index (χ1n) is 14.0. The van der Waals surface area contributed by atoms with E-state index in [1.165, 1.54) is 11.3 Å². The summed E-state index contributed by atoms with van der Waals surface area (Å²) < 4.78 is 14.3. The number of carbonyl (C=O) groups is 1. The molecule has 0 radical (unpaired) electrons. The molecule has 4 aromatic carbocycles. The summed E-state index contributed by atoms with van der Waals surface area (Å²) in [5.41, 5.74) is 3.73. The monoisotopic (exact) mass is 699 g/mol. The van der Waals surface area contributed by atoms with Crippen LogP contribution in [0, 0.1) is 0 Å². The number of hydrogen-bond donors (Lipinski definition) is 1. The second-order valence-corrected chi connectivity index (χ2v) is 12.5. The molecule has 1 aliphatic rings. The third-order valence-electron chi connectivity index (χ3n) is 7.30. The van der Waals surface area contributed by atoms with Crippen molar-refractivity contribution >= 4 is 56.5 Å². The molecule has 0 fully saturated rings. The predicted molar refractivity (Wildman–Crippen MR) is 182 cm³/mol. The Hall–Kier alpha value is -4.44. The Kier molecular flexibility index (Phi) is 9.02. The maximum absolute atomic E-state index is 14.1. The fourth-order valence-corrected chi connectivity index (χ4v) is 6.85. The Morgan fingerprint density at radius 1 is 1.04 bits per heavy atom. The Labute approximate surface area is 276 Å². The van der Waals surface area contributed by atoms with Gasteiger partial charge in [0, 0.05) is 16.3 Å². The number of halogens is 2. The van der Waals surface area contributed by atoms with Crippen molar-refractivity contribution in [2.24, 2.45) is 4.99 Å². The summed E-state index contributed by atoms with van der Waals surface area (Å²) in [5, 5.41) is 3.61. The number of para-hydroxylation sites is 1. The molecular formula is C35H27BrClN3O4S. The van der Waals surface area contributed by atoms with Crippen LogP contribution in [0.2, 0.25) is 5.02 Å². The molecule has 7 nitrogen and oxygen atoms in total. The minimum Gasteiger partial charge on any atom is -0.497 e. The Balaban J connectivity index is 1.38. The van der Waals surface area contributed by atoms with Crippen molar-refractivity contribution in [2.45, 2.75) is 19.6 Å². The molecule has 1 aliphatic heterocycles. The van der Waals surface area contributed by atoms with Crippen LogP contribution in [-0.4, -0.2) is 17.6 Å². The van der Waals surface area contributed by atoms with E-state index in [-0.39, 0.29) is 11.5 Å². The van der Waals surface area contributed by atoms with Gasteiger partial charge in [0.15, 0.2) is 4.80 Å². The molecule has 5 aromatic rings. The molecule has 0 bridgehead atoms. The van der Waals surface area contributed by atoms with Crippen molar-refractivity contribution in [1.29, 1.82) is 0 Å². The lowest BCUT2D eigenvalue weighted by atomic mass is 9.95. The van der Waals surface area contributed by atoms with Gasteiger partial charge in [0.25, 0.3) is 11.5 Å². The van der Waals surface area contributed by atoms with Crippen molar-refractivity contribution in [1.82, 2.24) is 4.57 Å². The van der Waals surface area contributed by atoms with Gasteiger partial charge in [-0.15, -0.1) is 0 Å². The molecule has 0 saturated heterocycles. The number of methoxy groups -OCH3 is 1. The quantitative estimate of drug-likeness (QED) is 0.192. The highest BCUT2D eigenvalue weighted by Gasteiger charge is 2.32. The van der Waals surface area contributed by atoms with Crippen LogP contribution in [-0.2, 0) is 11.4 Å². The zero-order valence-corrected chi connectivity index (χ0v) is 27.4. The zero-order chi connectivity index (χ0) is 31.5. The van der Waals surface area contributed by atoms with E-state index in [1.807, 2.05) is 103 Å². The topological polar surface area (TPSA) is 81.9 Å². The van der Waals surface area contributed by atoms with Crippen LogP contribution in [0.1, 0.15) is 29.7 Å². The largest absolute Gasteiger partial charge is 0.497 e. The number of anilines is 1. The zero-order valence-electron chi connectivity index (χ0n) is 24.3. The number of aromatic nitrogens is 1. The van der Waals surface area contributed by atoms with Crippen molar-refractivity contribution in [3.8, 4) is 11.5 Å². The van der Waals surface area contributed by atoms with E-state index in [2.05, 4.69) is 21.2 Å². The Morgan fingerprint density at radius 2 is 1.82 bits per heavy atom. The molecular weight excluding hydrogens is 674 g/mol.